The van der Waals surface area contributed by atoms with E-state index in [9.17, 15) is 13.2 Å². The van der Waals surface area contributed by atoms with Gasteiger partial charge in [0.15, 0.2) is 9.84 Å². The Morgan fingerprint density at radius 3 is 2.76 bits per heavy atom. The van der Waals surface area contributed by atoms with E-state index >= 15 is 0 Å². The Kier molecular flexibility index (Phi) is 4.45. The number of hydrogen-bond acceptors (Lipinski definition) is 3. The van der Waals surface area contributed by atoms with Gasteiger partial charge in [-0.25, -0.2) is 8.42 Å². The number of carbonyl (C=O) groups is 1. The van der Waals surface area contributed by atoms with Crippen molar-refractivity contribution in [2.45, 2.75) is 11.3 Å². The van der Waals surface area contributed by atoms with Gasteiger partial charge in [-0.15, -0.1) is 6.58 Å². The molecule has 0 aliphatic carbocycles. The molecule has 0 heterocycles. The van der Waals surface area contributed by atoms with E-state index in [1.54, 1.807) is 18.2 Å². The van der Waals surface area contributed by atoms with Crippen molar-refractivity contribution in [2.75, 3.05) is 12.8 Å². The molecule has 4 nitrogen and oxygen atoms in total. The largest absolute Gasteiger partial charge is 0.352 e. The summed E-state index contributed by atoms with van der Waals surface area (Å²) in [5, 5.41) is 2.67. The minimum absolute atomic E-state index is 0.147. The number of sulfone groups is 1. The molecule has 1 aromatic rings. The van der Waals surface area contributed by atoms with Crippen LogP contribution in [0, 0.1) is 0 Å². The zero-order valence-electron chi connectivity index (χ0n) is 9.64. The highest BCUT2D eigenvalue weighted by molar-refractivity contribution is 7.90. The average Bonchev–Trinajstić information content (AvgIpc) is 2.28. The van der Waals surface area contributed by atoms with Crippen LogP contribution in [-0.2, 0) is 9.84 Å². The highest BCUT2D eigenvalue weighted by Gasteiger charge is 2.10. The third kappa shape index (κ3) is 4.03. The molecule has 0 fully saturated rings. The Hall–Kier alpha value is -1.62. The lowest BCUT2D eigenvalue weighted by Crippen LogP contribution is -2.24. The van der Waals surface area contributed by atoms with Gasteiger partial charge in [-0.1, -0.05) is 12.1 Å². The van der Waals surface area contributed by atoms with Crippen LogP contribution in [0.5, 0.6) is 0 Å². The minimum Gasteiger partial charge on any atom is -0.352 e. The van der Waals surface area contributed by atoms with Crippen LogP contribution >= 0.6 is 0 Å². The van der Waals surface area contributed by atoms with Crippen molar-refractivity contribution >= 4 is 15.7 Å². The van der Waals surface area contributed by atoms with E-state index in [2.05, 4.69) is 11.9 Å². The monoisotopic (exact) mass is 253 g/mol. The standard InChI is InChI=1S/C12H15NO3S/c1-3-4-8-13-12(14)10-6-5-7-11(9-10)17(2,15)16/h3,5-7,9H,1,4,8H2,2H3,(H,13,14). The maximum absolute atomic E-state index is 11.7. The predicted molar refractivity (Wildman–Crippen MR) is 66.7 cm³/mol. The van der Waals surface area contributed by atoms with Crippen LogP contribution in [0.15, 0.2) is 41.8 Å². The minimum atomic E-state index is -3.28. The first-order valence-electron chi connectivity index (χ1n) is 5.14. The first kappa shape index (κ1) is 13.4. The van der Waals surface area contributed by atoms with Gasteiger partial charge in [0.25, 0.3) is 5.91 Å². The van der Waals surface area contributed by atoms with Crippen LogP contribution in [0.3, 0.4) is 0 Å². The molecule has 0 aromatic heterocycles. The van der Waals surface area contributed by atoms with Gasteiger partial charge in [0.1, 0.15) is 0 Å². The number of hydrogen-bond donors (Lipinski definition) is 1. The fourth-order valence-electron chi connectivity index (χ4n) is 1.26. The summed E-state index contributed by atoms with van der Waals surface area (Å²) in [4.78, 5) is 11.8. The lowest BCUT2D eigenvalue weighted by molar-refractivity contribution is 0.0954. The summed E-state index contributed by atoms with van der Waals surface area (Å²) < 4.78 is 22.6. The SMILES string of the molecule is C=CCCNC(=O)c1cccc(S(C)(=O)=O)c1. The number of benzene rings is 1. The summed E-state index contributed by atoms with van der Waals surface area (Å²) in [5.74, 6) is -0.280. The van der Waals surface area contributed by atoms with E-state index < -0.39 is 9.84 Å². The van der Waals surface area contributed by atoms with E-state index in [4.69, 9.17) is 0 Å². The summed E-state index contributed by atoms with van der Waals surface area (Å²) in [6.07, 6.45) is 3.49. The Morgan fingerprint density at radius 1 is 1.47 bits per heavy atom. The summed E-state index contributed by atoms with van der Waals surface area (Å²) >= 11 is 0. The Bertz CT molecular complexity index is 520. The molecular formula is C12H15NO3S. The van der Waals surface area contributed by atoms with Gasteiger partial charge in [0.2, 0.25) is 0 Å². The van der Waals surface area contributed by atoms with Crippen molar-refractivity contribution in [1.29, 1.82) is 0 Å². The first-order chi connectivity index (χ1) is 7.95. The van der Waals surface area contributed by atoms with Gasteiger partial charge < -0.3 is 5.32 Å². The molecule has 1 rings (SSSR count). The topological polar surface area (TPSA) is 63.2 Å². The number of amides is 1. The summed E-state index contributed by atoms with van der Waals surface area (Å²) in [5.41, 5.74) is 0.344. The third-order valence-electron chi connectivity index (χ3n) is 2.16. The van der Waals surface area contributed by atoms with Crippen LogP contribution in [0.4, 0.5) is 0 Å². The molecule has 1 aromatic carbocycles. The lowest BCUT2D eigenvalue weighted by atomic mass is 10.2. The van der Waals surface area contributed by atoms with E-state index in [-0.39, 0.29) is 10.8 Å². The molecule has 0 radical (unpaired) electrons. The molecule has 92 valence electrons. The molecule has 0 aliphatic rings. The quantitative estimate of drug-likeness (QED) is 0.637. The Labute approximate surface area is 101 Å². The molecule has 17 heavy (non-hydrogen) atoms. The van der Waals surface area contributed by atoms with E-state index in [0.29, 0.717) is 18.5 Å². The number of rotatable bonds is 5. The van der Waals surface area contributed by atoms with Crippen molar-refractivity contribution in [3.8, 4) is 0 Å². The van der Waals surface area contributed by atoms with Crippen molar-refractivity contribution in [1.82, 2.24) is 5.32 Å². The van der Waals surface area contributed by atoms with Crippen molar-refractivity contribution in [2.24, 2.45) is 0 Å². The van der Waals surface area contributed by atoms with E-state index in [0.717, 1.165) is 6.26 Å². The molecule has 0 atom stereocenters. The maximum atomic E-state index is 11.7. The second-order valence-electron chi connectivity index (χ2n) is 3.63. The molecule has 5 heteroatoms. The molecular weight excluding hydrogens is 238 g/mol. The molecule has 0 spiro atoms. The summed E-state index contributed by atoms with van der Waals surface area (Å²) in [7, 11) is -3.28. The fraction of sp³-hybridized carbons (Fsp3) is 0.250. The van der Waals surface area contributed by atoms with Gasteiger partial charge in [0, 0.05) is 18.4 Å². The van der Waals surface area contributed by atoms with Gasteiger partial charge in [-0.3, -0.25) is 4.79 Å². The lowest BCUT2D eigenvalue weighted by Gasteiger charge is -2.05. The molecule has 1 amide bonds. The summed E-state index contributed by atoms with van der Waals surface area (Å²) in [6, 6.07) is 5.98. The number of carbonyl (C=O) groups excluding carboxylic acids is 1. The van der Waals surface area contributed by atoms with Gasteiger partial charge >= 0.3 is 0 Å². The van der Waals surface area contributed by atoms with Crippen LogP contribution < -0.4 is 5.32 Å². The van der Waals surface area contributed by atoms with Gasteiger partial charge in [-0.05, 0) is 24.6 Å². The van der Waals surface area contributed by atoms with Gasteiger partial charge in [0.05, 0.1) is 4.90 Å². The van der Waals surface area contributed by atoms with Crippen LogP contribution in [0.25, 0.3) is 0 Å². The van der Waals surface area contributed by atoms with Crippen molar-refractivity contribution in [3.05, 3.63) is 42.5 Å². The normalized spacial score (nSPS) is 10.9. The van der Waals surface area contributed by atoms with Crippen LogP contribution in [0.2, 0.25) is 0 Å². The second-order valence-corrected chi connectivity index (χ2v) is 5.65. The molecule has 0 saturated carbocycles. The third-order valence-corrected chi connectivity index (χ3v) is 3.27. The highest BCUT2D eigenvalue weighted by atomic mass is 32.2. The Balaban J connectivity index is 2.85. The predicted octanol–water partition coefficient (Wildman–Crippen LogP) is 1.40. The van der Waals surface area contributed by atoms with Gasteiger partial charge in [-0.2, -0.15) is 0 Å². The molecule has 1 N–H and O–H groups in total. The molecule has 0 unspecified atom stereocenters. The Morgan fingerprint density at radius 2 is 2.18 bits per heavy atom. The second kappa shape index (κ2) is 5.63. The average molecular weight is 253 g/mol. The molecule has 0 aliphatic heterocycles. The van der Waals surface area contributed by atoms with Crippen LogP contribution in [0.1, 0.15) is 16.8 Å². The zero-order chi connectivity index (χ0) is 12.9. The molecule has 0 saturated heterocycles. The number of nitrogens with one attached hydrogen (secondary N) is 1. The van der Waals surface area contributed by atoms with E-state index in [1.807, 2.05) is 0 Å². The van der Waals surface area contributed by atoms with Crippen LogP contribution in [-0.4, -0.2) is 27.1 Å². The maximum Gasteiger partial charge on any atom is 0.251 e. The summed E-state index contributed by atoms with van der Waals surface area (Å²) in [6.45, 7) is 4.04. The van der Waals surface area contributed by atoms with Crippen molar-refractivity contribution < 1.29 is 13.2 Å². The van der Waals surface area contributed by atoms with E-state index in [1.165, 1.54) is 12.1 Å². The smallest absolute Gasteiger partial charge is 0.251 e. The molecule has 0 bridgehead atoms. The van der Waals surface area contributed by atoms with Crippen molar-refractivity contribution in [3.63, 3.8) is 0 Å². The first-order valence-corrected chi connectivity index (χ1v) is 7.03. The zero-order valence-corrected chi connectivity index (χ0v) is 10.5. The highest BCUT2D eigenvalue weighted by Crippen LogP contribution is 2.11. The fourth-order valence-corrected chi connectivity index (χ4v) is 1.92.